The van der Waals surface area contributed by atoms with Crippen molar-refractivity contribution >= 4 is 16.8 Å². The van der Waals surface area contributed by atoms with Crippen LogP contribution in [0.1, 0.15) is 55.5 Å². The maximum absolute atomic E-state index is 12.3. The third-order valence-electron chi connectivity index (χ3n) is 5.34. The molecule has 6 heteroatoms. The Kier molecular flexibility index (Phi) is 4.73. The molecule has 0 fully saturated rings. The fourth-order valence-corrected chi connectivity index (χ4v) is 3.79. The lowest BCUT2D eigenvalue weighted by atomic mass is 9.96. The lowest BCUT2D eigenvalue weighted by Crippen LogP contribution is -2.30. The normalized spacial score (nSPS) is 15.9. The highest BCUT2D eigenvalue weighted by atomic mass is 16.2. The first kappa shape index (κ1) is 16.8. The van der Waals surface area contributed by atoms with Gasteiger partial charge in [0.25, 0.3) is 0 Å². The summed E-state index contributed by atoms with van der Waals surface area (Å²) in [6.07, 6.45) is 10.5. The fraction of sp³-hybridized carbons (Fsp3) is 0.450. The van der Waals surface area contributed by atoms with E-state index in [1.807, 2.05) is 6.92 Å². The van der Waals surface area contributed by atoms with Gasteiger partial charge in [-0.05, 0) is 55.9 Å². The van der Waals surface area contributed by atoms with E-state index >= 15 is 0 Å². The van der Waals surface area contributed by atoms with Crippen LogP contribution in [0.4, 0.5) is 0 Å². The SMILES string of the molecule is CC(C(=O)NCc1ccc2[nH]c3c(c2c1)CCCCCC3)n1cncn1. The molecule has 1 amide bonds. The summed E-state index contributed by atoms with van der Waals surface area (Å²) in [6.45, 7) is 2.34. The van der Waals surface area contributed by atoms with Gasteiger partial charge in [-0.2, -0.15) is 5.10 Å². The molecule has 4 rings (SSSR count). The number of aromatic nitrogens is 4. The number of aryl methyl sites for hydroxylation is 2. The van der Waals surface area contributed by atoms with Crippen LogP contribution >= 0.6 is 0 Å². The molecular weight excluding hydrogens is 326 g/mol. The van der Waals surface area contributed by atoms with Gasteiger partial charge in [0.1, 0.15) is 18.7 Å². The summed E-state index contributed by atoms with van der Waals surface area (Å²) in [4.78, 5) is 19.8. The average molecular weight is 351 g/mol. The molecule has 2 aromatic heterocycles. The van der Waals surface area contributed by atoms with Crippen LogP contribution in [0.25, 0.3) is 10.9 Å². The third-order valence-corrected chi connectivity index (χ3v) is 5.34. The predicted octanol–water partition coefficient (Wildman–Crippen LogP) is 3.30. The molecule has 1 aliphatic carbocycles. The number of aromatic amines is 1. The lowest BCUT2D eigenvalue weighted by Gasteiger charge is -2.12. The van der Waals surface area contributed by atoms with Crippen molar-refractivity contribution in [2.24, 2.45) is 0 Å². The van der Waals surface area contributed by atoms with Crippen molar-refractivity contribution < 1.29 is 4.79 Å². The molecule has 0 radical (unpaired) electrons. The van der Waals surface area contributed by atoms with Crippen LogP contribution in [0.5, 0.6) is 0 Å². The second-order valence-corrected chi connectivity index (χ2v) is 7.15. The van der Waals surface area contributed by atoms with E-state index in [1.165, 1.54) is 54.2 Å². The number of H-pyrrole nitrogens is 1. The van der Waals surface area contributed by atoms with Gasteiger partial charge in [-0.3, -0.25) is 4.79 Å². The van der Waals surface area contributed by atoms with E-state index in [-0.39, 0.29) is 11.9 Å². The van der Waals surface area contributed by atoms with Gasteiger partial charge in [0.05, 0.1) is 0 Å². The van der Waals surface area contributed by atoms with Gasteiger partial charge >= 0.3 is 0 Å². The quantitative estimate of drug-likeness (QED) is 0.757. The molecule has 1 atom stereocenters. The largest absolute Gasteiger partial charge is 0.358 e. The maximum Gasteiger partial charge on any atom is 0.244 e. The predicted molar refractivity (Wildman–Crippen MR) is 101 cm³/mol. The van der Waals surface area contributed by atoms with Crippen LogP contribution < -0.4 is 5.32 Å². The van der Waals surface area contributed by atoms with Gasteiger partial charge < -0.3 is 10.3 Å². The average Bonchev–Trinajstić information content (AvgIpc) is 3.27. The minimum atomic E-state index is -0.367. The number of nitrogens with zero attached hydrogens (tertiary/aromatic N) is 3. The molecular formula is C20H25N5O. The molecule has 1 unspecified atom stereocenters. The number of rotatable bonds is 4. The summed E-state index contributed by atoms with van der Waals surface area (Å²) in [5.41, 5.74) is 5.22. The highest BCUT2D eigenvalue weighted by molar-refractivity contribution is 5.86. The van der Waals surface area contributed by atoms with Crippen molar-refractivity contribution in [1.82, 2.24) is 25.1 Å². The van der Waals surface area contributed by atoms with Crippen LogP contribution in [0.15, 0.2) is 30.9 Å². The zero-order chi connectivity index (χ0) is 17.9. The summed E-state index contributed by atoms with van der Waals surface area (Å²) >= 11 is 0. The van der Waals surface area contributed by atoms with Gasteiger partial charge in [0, 0.05) is 23.1 Å². The van der Waals surface area contributed by atoms with Gasteiger partial charge in [-0.1, -0.05) is 18.9 Å². The molecule has 1 aliphatic rings. The summed E-state index contributed by atoms with van der Waals surface area (Å²) in [5, 5.41) is 8.36. The number of amides is 1. The smallest absolute Gasteiger partial charge is 0.244 e. The number of nitrogens with one attached hydrogen (secondary N) is 2. The Bertz CT molecular complexity index is 896. The Labute approximate surface area is 153 Å². The Balaban J connectivity index is 1.50. The topological polar surface area (TPSA) is 75.6 Å². The van der Waals surface area contributed by atoms with Crippen molar-refractivity contribution in [1.29, 1.82) is 0 Å². The standard InChI is InChI=1S/C20H25N5O/c1-14(25-13-21-12-23-25)20(26)22-11-15-8-9-19-17(10-15)16-6-4-2-3-5-7-18(16)24-19/h8-10,12-14,24H,2-7,11H2,1H3,(H,22,26). The second kappa shape index (κ2) is 7.32. The molecule has 1 aromatic carbocycles. The van der Waals surface area contributed by atoms with Crippen LogP contribution in [0.3, 0.4) is 0 Å². The lowest BCUT2D eigenvalue weighted by molar-refractivity contribution is -0.124. The number of hydrogen-bond donors (Lipinski definition) is 2. The Morgan fingerprint density at radius 3 is 2.92 bits per heavy atom. The van der Waals surface area contributed by atoms with E-state index in [1.54, 1.807) is 11.0 Å². The third kappa shape index (κ3) is 3.36. The van der Waals surface area contributed by atoms with E-state index in [0.29, 0.717) is 6.54 Å². The van der Waals surface area contributed by atoms with E-state index in [0.717, 1.165) is 18.4 Å². The molecule has 0 aliphatic heterocycles. The number of carbonyl (C=O) groups is 1. The summed E-state index contributed by atoms with van der Waals surface area (Å²) in [7, 11) is 0. The highest BCUT2D eigenvalue weighted by Gasteiger charge is 2.16. The second-order valence-electron chi connectivity index (χ2n) is 7.15. The zero-order valence-corrected chi connectivity index (χ0v) is 15.2. The number of hydrogen-bond acceptors (Lipinski definition) is 3. The molecule has 0 spiro atoms. The van der Waals surface area contributed by atoms with Gasteiger partial charge in [0.2, 0.25) is 5.91 Å². The first-order chi connectivity index (χ1) is 12.7. The molecule has 0 saturated heterocycles. The van der Waals surface area contributed by atoms with Crippen molar-refractivity contribution in [3.8, 4) is 0 Å². The number of carbonyl (C=O) groups excluding carboxylic acids is 1. The summed E-state index contributed by atoms with van der Waals surface area (Å²) in [6, 6.07) is 6.09. The monoisotopic (exact) mass is 351 g/mol. The minimum absolute atomic E-state index is 0.0556. The summed E-state index contributed by atoms with van der Waals surface area (Å²) in [5.74, 6) is -0.0556. The van der Waals surface area contributed by atoms with E-state index in [2.05, 4.69) is 38.6 Å². The van der Waals surface area contributed by atoms with Gasteiger partial charge in [-0.25, -0.2) is 9.67 Å². The van der Waals surface area contributed by atoms with Crippen molar-refractivity contribution in [2.45, 2.75) is 58.0 Å². The highest BCUT2D eigenvalue weighted by Crippen LogP contribution is 2.28. The van der Waals surface area contributed by atoms with Crippen LogP contribution in [-0.2, 0) is 24.2 Å². The first-order valence-electron chi connectivity index (χ1n) is 9.46. The van der Waals surface area contributed by atoms with Crippen molar-refractivity contribution in [3.63, 3.8) is 0 Å². The summed E-state index contributed by atoms with van der Waals surface area (Å²) < 4.78 is 1.56. The van der Waals surface area contributed by atoms with E-state index < -0.39 is 0 Å². The Hall–Kier alpha value is -2.63. The zero-order valence-electron chi connectivity index (χ0n) is 15.2. The van der Waals surface area contributed by atoms with Crippen LogP contribution in [0, 0.1) is 0 Å². The maximum atomic E-state index is 12.3. The molecule has 0 bridgehead atoms. The first-order valence-corrected chi connectivity index (χ1v) is 9.46. The van der Waals surface area contributed by atoms with E-state index in [9.17, 15) is 4.79 Å². The molecule has 6 nitrogen and oxygen atoms in total. The molecule has 136 valence electrons. The molecule has 3 aromatic rings. The molecule has 2 N–H and O–H groups in total. The molecule has 0 saturated carbocycles. The molecule has 2 heterocycles. The number of fused-ring (bicyclic) bond motifs is 3. The van der Waals surface area contributed by atoms with Crippen LogP contribution in [-0.4, -0.2) is 25.7 Å². The Morgan fingerprint density at radius 2 is 2.12 bits per heavy atom. The van der Waals surface area contributed by atoms with E-state index in [4.69, 9.17) is 0 Å². The van der Waals surface area contributed by atoms with Crippen molar-refractivity contribution in [2.75, 3.05) is 0 Å². The van der Waals surface area contributed by atoms with Crippen molar-refractivity contribution in [3.05, 3.63) is 47.7 Å². The van der Waals surface area contributed by atoms with Gasteiger partial charge in [-0.15, -0.1) is 0 Å². The van der Waals surface area contributed by atoms with Gasteiger partial charge in [0.15, 0.2) is 0 Å². The minimum Gasteiger partial charge on any atom is -0.358 e. The molecule has 26 heavy (non-hydrogen) atoms. The number of benzene rings is 1. The fourth-order valence-electron chi connectivity index (χ4n) is 3.79. The Morgan fingerprint density at radius 1 is 1.27 bits per heavy atom. The van der Waals surface area contributed by atoms with Crippen LogP contribution in [0.2, 0.25) is 0 Å².